The van der Waals surface area contributed by atoms with Crippen molar-refractivity contribution < 1.29 is 17.9 Å². The van der Waals surface area contributed by atoms with Crippen LogP contribution in [0, 0.1) is 6.92 Å². The minimum absolute atomic E-state index is 0.147. The van der Waals surface area contributed by atoms with Crippen LogP contribution in [-0.4, -0.2) is 28.7 Å². The zero-order valence-electron chi connectivity index (χ0n) is 15.5. The summed E-state index contributed by atoms with van der Waals surface area (Å²) >= 11 is 6.07. The molecule has 5 nitrogen and oxygen atoms in total. The van der Waals surface area contributed by atoms with Crippen LogP contribution in [0.1, 0.15) is 29.5 Å². The Kier molecular flexibility index (Phi) is 6.29. The van der Waals surface area contributed by atoms with Gasteiger partial charge in [0.05, 0.1) is 7.11 Å². The zero-order chi connectivity index (χ0) is 19.4. The van der Waals surface area contributed by atoms with Gasteiger partial charge in [-0.05, 0) is 73.6 Å². The Morgan fingerprint density at radius 2 is 1.81 bits per heavy atom. The third-order valence-electron chi connectivity index (χ3n) is 4.72. The first kappa shape index (κ1) is 20.0. The lowest BCUT2D eigenvalue weighted by molar-refractivity contribution is 0.322. The summed E-state index contributed by atoms with van der Waals surface area (Å²) in [7, 11) is -2.19. The van der Waals surface area contributed by atoms with E-state index in [0.717, 1.165) is 36.8 Å². The number of rotatable bonds is 7. The standard InChI is InChI=1S/C20H24ClNO4S/c1-14-7-8-17(13-18(14)21)26-10-9-22-27(23,24)20-12-16-6-4-3-5-15(16)11-19(20)25-2/h7-8,11-13,22H,3-6,9-10H2,1-2H3. The van der Waals surface area contributed by atoms with Crippen LogP contribution >= 0.6 is 11.6 Å². The molecule has 2 aromatic carbocycles. The van der Waals surface area contributed by atoms with Crippen LogP contribution in [0.4, 0.5) is 0 Å². The van der Waals surface area contributed by atoms with Gasteiger partial charge in [-0.1, -0.05) is 17.7 Å². The summed E-state index contributed by atoms with van der Waals surface area (Å²) in [5.74, 6) is 0.991. The highest BCUT2D eigenvalue weighted by Gasteiger charge is 2.23. The Labute approximate surface area is 165 Å². The second-order valence-corrected chi connectivity index (χ2v) is 8.78. The lowest BCUT2D eigenvalue weighted by Crippen LogP contribution is -2.29. The molecule has 146 valence electrons. The maximum Gasteiger partial charge on any atom is 0.244 e. The van der Waals surface area contributed by atoms with Crippen LogP contribution in [0.3, 0.4) is 0 Å². The van der Waals surface area contributed by atoms with Crippen LogP contribution in [-0.2, 0) is 22.9 Å². The number of halogens is 1. The lowest BCUT2D eigenvalue weighted by Gasteiger charge is -2.19. The summed E-state index contributed by atoms with van der Waals surface area (Å²) in [6.07, 6.45) is 4.08. The van der Waals surface area contributed by atoms with Crippen molar-refractivity contribution >= 4 is 21.6 Å². The van der Waals surface area contributed by atoms with Crippen LogP contribution < -0.4 is 14.2 Å². The van der Waals surface area contributed by atoms with E-state index in [1.165, 1.54) is 12.7 Å². The molecule has 0 heterocycles. The average molecular weight is 410 g/mol. The van der Waals surface area contributed by atoms with Crippen molar-refractivity contribution in [3.05, 3.63) is 52.0 Å². The molecule has 1 aliphatic carbocycles. The van der Waals surface area contributed by atoms with Gasteiger partial charge in [0.2, 0.25) is 10.0 Å². The van der Waals surface area contributed by atoms with E-state index in [9.17, 15) is 8.42 Å². The fraction of sp³-hybridized carbons (Fsp3) is 0.400. The monoisotopic (exact) mass is 409 g/mol. The Balaban J connectivity index is 1.66. The minimum Gasteiger partial charge on any atom is -0.495 e. The molecule has 0 spiro atoms. The molecule has 3 rings (SSSR count). The van der Waals surface area contributed by atoms with Gasteiger partial charge in [-0.3, -0.25) is 0 Å². The topological polar surface area (TPSA) is 64.6 Å². The number of hydrogen-bond acceptors (Lipinski definition) is 4. The maximum atomic E-state index is 12.7. The largest absolute Gasteiger partial charge is 0.495 e. The molecule has 0 aliphatic heterocycles. The highest BCUT2D eigenvalue weighted by molar-refractivity contribution is 7.89. The van der Waals surface area contributed by atoms with E-state index in [0.29, 0.717) is 16.5 Å². The van der Waals surface area contributed by atoms with E-state index in [-0.39, 0.29) is 18.0 Å². The lowest BCUT2D eigenvalue weighted by atomic mass is 9.92. The molecule has 0 fully saturated rings. The molecule has 0 radical (unpaired) electrons. The Bertz CT molecular complexity index is 928. The summed E-state index contributed by atoms with van der Waals surface area (Å²) in [6.45, 7) is 2.26. The predicted molar refractivity (Wildman–Crippen MR) is 107 cm³/mol. The van der Waals surface area contributed by atoms with Crippen LogP contribution in [0.2, 0.25) is 5.02 Å². The number of ether oxygens (including phenoxy) is 2. The van der Waals surface area contributed by atoms with Gasteiger partial charge in [-0.15, -0.1) is 0 Å². The SMILES string of the molecule is COc1cc2c(cc1S(=O)(=O)NCCOc1ccc(C)c(Cl)c1)CCCC2. The van der Waals surface area contributed by atoms with Crippen molar-refractivity contribution in [2.45, 2.75) is 37.5 Å². The number of nitrogens with one attached hydrogen (secondary N) is 1. The highest BCUT2D eigenvalue weighted by Crippen LogP contribution is 2.31. The Morgan fingerprint density at radius 3 is 2.48 bits per heavy atom. The number of hydrogen-bond donors (Lipinski definition) is 1. The molecule has 27 heavy (non-hydrogen) atoms. The second-order valence-electron chi connectivity index (χ2n) is 6.64. The maximum absolute atomic E-state index is 12.7. The number of sulfonamides is 1. The van der Waals surface area contributed by atoms with Crippen molar-refractivity contribution in [2.24, 2.45) is 0 Å². The molecule has 0 saturated heterocycles. The van der Waals surface area contributed by atoms with Gasteiger partial charge in [0.25, 0.3) is 0 Å². The zero-order valence-corrected chi connectivity index (χ0v) is 17.1. The number of aryl methyl sites for hydroxylation is 3. The first-order valence-electron chi connectivity index (χ1n) is 8.99. The minimum atomic E-state index is -3.69. The molecular weight excluding hydrogens is 386 g/mol. The van der Waals surface area contributed by atoms with Gasteiger partial charge in [0.1, 0.15) is 23.0 Å². The van der Waals surface area contributed by atoms with Crippen molar-refractivity contribution in [3.63, 3.8) is 0 Å². The molecule has 1 N–H and O–H groups in total. The molecule has 0 bridgehead atoms. The first-order valence-corrected chi connectivity index (χ1v) is 10.9. The molecule has 0 atom stereocenters. The van der Waals surface area contributed by atoms with Gasteiger partial charge < -0.3 is 9.47 Å². The number of fused-ring (bicyclic) bond motifs is 1. The van der Waals surface area contributed by atoms with E-state index in [2.05, 4.69) is 4.72 Å². The molecule has 1 aliphatic rings. The fourth-order valence-electron chi connectivity index (χ4n) is 3.20. The molecule has 0 unspecified atom stereocenters. The van der Waals surface area contributed by atoms with Crippen molar-refractivity contribution in [2.75, 3.05) is 20.3 Å². The van der Waals surface area contributed by atoms with E-state index in [1.54, 1.807) is 12.1 Å². The Hall–Kier alpha value is -1.76. The summed E-state index contributed by atoms with van der Waals surface area (Å²) in [4.78, 5) is 0.184. The van der Waals surface area contributed by atoms with Crippen LogP contribution in [0.25, 0.3) is 0 Å². The summed E-state index contributed by atoms with van der Waals surface area (Å²) in [5, 5.41) is 0.617. The van der Waals surface area contributed by atoms with E-state index >= 15 is 0 Å². The molecule has 0 saturated carbocycles. The third-order valence-corrected chi connectivity index (χ3v) is 6.61. The summed E-state index contributed by atoms with van der Waals surface area (Å²) in [5.41, 5.74) is 3.23. The van der Waals surface area contributed by atoms with Gasteiger partial charge in [-0.25, -0.2) is 13.1 Å². The average Bonchev–Trinajstić information content (AvgIpc) is 2.67. The summed E-state index contributed by atoms with van der Waals surface area (Å²) < 4.78 is 39.0. The van der Waals surface area contributed by atoms with Gasteiger partial charge in [-0.2, -0.15) is 0 Å². The second kappa shape index (κ2) is 8.50. The number of methoxy groups -OCH3 is 1. The smallest absolute Gasteiger partial charge is 0.244 e. The van der Waals surface area contributed by atoms with E-state index in [1.807, 2.05) is 25.1 Å². The molecule has 0 amide bonds. The van der Waals surface area contributed by atoms with Crippen molar-refractivity contribution in [3.8, 4) is 11.5 Å². The van der Waals surface area contributed by atoms with Crippen LogP contribution in [0.15, 0.2) is 35.2 Å². The van der Waals surface area contributed by atoms with Crippen LogP contribution in [0.5, 0.6) is 11.5 Å². The molecule has 7 heteroatoms. The normalized spacial score (nSPS) is 13.9. The predicted octanol–water partition coefficient (Wildman–Crippen LogP) is 3.89. The van der Waals surface area contributed by atoms with Crippen molar-refractivity contribution in [1.29, 1.82) is 0 Å². The highest BCUT2D eigenvalue weighted by atomic mass is 35.5. The molecule has 2 aromatic rings. The van der Waals surface area contributed by atoms with Gasteiger partial charge in [0.15, 0.2) is 0 Å². The van der Waals surface area contributed by atoms with Gasteiger partial charge in [0, 0.05) is 11.6 Å². The first-order chi connectivity index (χ1) is 12.9. The van der Waals surface area contributed by atoms with E-state index < -0.39 is 10.0 Å². The molecular formula is C20H24ClNO4S. The van der Waals surface area contributed by atoms with Gasteiger partial charge >= 0.3 is 0 Å². The Morgan fingerprint density at radius 1 is 1.11 bits per heavy atom. The fourth-order valence-corrected chi connectivity index (χ4v) is 4.58. The quantitative estimate of drug-likeness (QED) is 0.704. The summed E-state index contributed by atoms with van der Waals surface area (Å²) in [6, 6.07) is 8.99. The van der Waals surface area contributed by atoms with Crippen molar-refractivity contribution in [1.82, 2.24) is 4.72 Å². The molecule has 0 aromatic heterocycles. The van der Waals surface area contributed by atoms with E-state index in [4.69, 9.17) is 21.1 Å². The number of benzene rings is 2. The third kappa shape index (κ3) is 4.75.